The molecule has 0 radical (unpaired) electrons. The van der Waals surface area contributed by atoms with Crippen LogP contribution in [-0.2, 0) is 14.3 Å². The van der Waals surface area contributed by atoms with Gasteiger partial charge >= 0.3 is 5.97 Å². The third-order valence-electron chi connectivity index (χ3n) is 2.93. The molecule has 0 bridgehead atoms. The molecule has 1 saturated heterocycles. The van der Waals surface area contributed by atoms with Crippen LogP contribution in [-0.4, -0.2) is 30.2 Å². The van der Waals surface area contributed by atoms with E-state index in [0.29, 0.717) is 5.69 Å². The van der Waals surface area contributed by atoms with Crippen LogP contribution >= 0.6 is 0 Å². The van der Waals surface area contributed by atoms with Crippen molar-refractivity contribution >= 4 is 17.6 Å². The van der Waals surface area contributed by atoms with E-state index in [4.69, 9.17) is 9.84 Å². The Hall–Kier alpha value is -1.88. The Morgan fingerprint density at radius 2 is 2.00 bits per heavy atom. The number of para-hydroxylation sites is 1. The summed E-state index contributed by atoms with van der Waals surface area (Å²) in [5.41, 5.74) is 0.0918. The molecule has 1 fully saturated rings. The summed E-state index contributed by atoms with van der Waals surface area (Å²) < 4.78 is 4.85. The minimum absolute atomic E-state index is 0.0694. The Labute approximate surface area is 98.4 Å². The van der Waals surface area contributed by atoms with Crippen molar-refractivity contribution in [2.24, 2.45) is 5.41 Å². The van der Waals surface area contributed by atoms with Gasteiger partial charge in [-0.05, 0) is 18.6 Å². The fourth-order valence-corrected chi connectivity index (χ4v) is 1.61. The predicted molar refractivity (Wildman–Crippen MR) is 60.7 cm³/mol. The molecule has 2 rings (SSSR count). The van der Waals surface area contributed by atoms with Crippen LogP contribution in [0.1, 0.15) is 5.56 Å². The highest BCUT2D eigenvalue weighted by Crippen LogP contribution is 2.30. The molecule has 1 aliphatic heterocycles. The van der Waals surface area contributed by atoms with Crippen molar-refractivity contribution in [3.05, 3.63) is 29.8 Å². The van der Waals surface area contributed by atoms with E-state index >= 15 is 0 Å². The summed E-state index contributed by atoms with van der Waals surface area (Å²) in [5, 5.41) is 11.7. The van der Waals surface area contributed by atoms with Gasteiger partial charge < -0.3 is 15.2 Å². The zero-order valence-electron chi connectivity index (χ0n) is 9.40. The van der Waals surface area contributed by atoms with Crippen molar-refractivity contribution in [2.75, 3.05) is 18.5 Å². The Bertz CT molecular complexity index is 465. The average Bonchev–Trinajstić information content (AvgIpc) is 2.19. The van der Waals surface area contributed by atoms with E-state index in [1.807, 2.05) is 19.1 Å². The Kier molecular flexibility index (Phi) is 2.85. The maximum atomic E-state index is 11.9. The third-order valence-corrected chi connectivity index (χ3v) is 2.93. The van der Waals surface area contributed by atoms with Crippen LogP contribution in [0.5, 0.6) is 0 Å². The number of rotatable bonds is 3. The Morgan fingerprint density at radius 3 is 2.47 bits per heavy atom. The number of carbonyl (C=O) groups is 2. The van der Waals surface area contributed by atoms with Gasteiger partial charge in [-0.2, -0.15) is 0 Å². The smallest absolute Gasteiger partial charge is 0.324 e. The quantitative estimate of drug-likeness (QED) is 0.767. The molecule has 5 nitrogen and oxygen atoms in total. The number of amides is 1. The molecule has 90 valence electrons. The lowest BCUT2D eigenvalue weighted by Crippen LogP contribution is -2.57. The Morgan fingerprint density at radius 1 is 1.35 bits per heavy atom. The average molecular weight is 235 g/mol. The molecular weight excluding hydrogens is 222 g/mol. The second-order valence-corrected chi connectivity index (χ2v) is 4.15. The van der Waals surface area contributed by atoms with Crippen molar-refractivity contribution in [2.45, 2.75) is 6.92 Å². The number of hydrogen-bond donors (Lipinski definition) is 2. The number of carbonyl (C=O) groups excluding carboxylic acids is 1. The minimum Gasteiger partial charge on any atom is -0.480 e. The van der Waals surface area contributed by atoms with Crippen LogP contribution in [0.25, 0.3) is 0 Å². The first-order valence-electron chi connectivity index (χ1n) is 5.24. The molecule has 0 aliphatic carbocycles. The van der Waals surface area contributed by atoms with Gasteiger partial charge in [-0.25, -0.2) is 0 Å². The molecule has 1 heterocycles. The van der Waals surface area contributed by atoms with Crippen molar-refractivity contribution in [1.82, 2.24) is 0 Å². The molecule has 5 heteroatoms. The highest BCUT2D eigenvalue weighted by atomic mass is 16.5. The van der Waals surface area contributed by atoms with E-state index in [-0.39, 0.29) is 13.2 Å². The first-order chi connectivity index (χ1) is 8.06. The molecule has 2 N–H and O–H groups in total. The number of carboxylic acids is 1. The zero-order valence-corrected chi connectivity index (χ0v) is 9.40. The van der Waals surface area contributed by atoms with Gasteiger partial charge in [0.2, 0.25) is 5.91 Å². The molecule has 1 aromatic rings. The second-order valence-electron chi connectivity index (χ2n) is 4.15. The van der Waals surface area contributed by atoms with E-state index in [2.05, 4.69) is 5.32 Å². The van der Waals surface area contributed by atoms with E-state index in [1.54, 1.807) is 12.1 Å². The molecule has 0 saturated carbocycles. The van der Waals surface area contributed by atoms with Gasteiger partial charge in [0.05, 0.1) is 13.2 Å². The summed E-state index contributed by atoms with van der Waals surface area (Å²) in [6, 6.07) is 7.22. The van der Waals surface area contributed by atoms with Crippen LogP contribution in [0.15, 0.2) is 24.3 Å². The lowest BCUT2D eigenvalue weighted by molar-refractivity contribution is -0.182. The van der Waals surface area contributed by atoms with E-state index in [1.165, 1.54) is 0 Å². The lowest BCUT2D eigenvalue weighted by Gasteiger charge is -2.35. The van der Waals surface area contributed by atoms with Crippen LogP contribution in [0, 0.1) is 12.3 Å². The number of nitrogens with one attached hydrogen (secondary N) is 1. The van der Waals surface area contributed by atoms with Crippen molar-refractivity contribution in [3.63, 3.8) is 0 Å². The van der Waals surface area contributed by atoms with Gasteiger partial charge in [0.15, 0.2) is 5.41 Å². The van der Waals surface area contributed by atoms with Gasteiger partial charge in [-0.3, -0.25) is 9.59 Å². The number of ether oxygens (including phenoxy) is 1. The van der Waals surface area contributed by atoms with E-state index in [0.717, 1.165) is 5.56 Å². The molecule has 0 atom stereocenters. The summed E-state index contributed by atoms with van der Waals surface area (Å²) in [4.78, 5) is 23.0. The Balaban J connectivity index is 2.17. The molecule has 0 aromatic heterocycles. The second kappa shape index (κ2) is 4.18. The molecular formula is C12H13NO4. The number of benzene rings is 1. The molecule has 1 amide bonds. The maximum absolute atomic E-state index is 11.9. The zero-order chi connectivity index (χ0) is 12.5. The summed E-state index contributed by atoms with van der Waals surface area (Å²) in [7, 11) is 0. The largest absolute Gasteiger partial charge is 0.480 e. The fraction of sp³-hybridized carbons (Fsp3) is 0.333. The standard InChI is InChI=1S/C12H13NO4/c1-8-4-2-3-5-9(8)13-10(14)12(11(15)16)6-17-7-12/h2-5H,6-7H2,1H3,(H,13,14)(H,15,16). The molecule has 1 aromatic carbocycles. The van der Waals surface area contributed by atoms with Crippen LogP contribution in [0.3, 0.4) is 0 Å². The normalized spacial score (nSPS) is 17.0. The topological polar surface area (TPSA) is 75.6 Å². The number of aryl methyl sites for hydroxylation is 1. The van der Waals surface area contributed by atoms with Crippen molar-refractivity contribution < 1.29 is 19.4 Å². The number of aliphatic carboxylic acids is 1. The summed E-state index contributed by atoms with van der Waals surface area (Å²) >= 11 is 0. The molecule has 0 spiro atoms. The maximum Gasteiger partial charge on any atom is 0.324 e. The minimum atomic E-state index is -1.43. The first kappa shape index (κ1) is 11.6. The highest BCUT2D eigenvalue weighted by molar-refractivity contribution is 6.09. The molecule has 1 aliphatic rings. The van der Waals surface area contributed by atoms with Gasteiger partial charge in [0, 0.05) is 5.69 Å². The fourth-order valence-electron chi connectivity index (χ4n) is 1.61. The third kappa shape index (κ3) is 1.89. The predicted octanol–water partition coefficient (Wildman–Crippen LogP) is 1.03. The number of anilines is 1. The van der Waals surface area contributed by atoms with E-state index < -0.39 is 17.3 Å². The van der Waals surface area contributed by atoms with Crippen molar-refractivity contribution in [1.29, 1.82) is 0 Å². The SMILES string of the molecule is Cc1ccccc1NC(=O)C1(C(=O)O)COC1. The van der Waals surface area contributed by atoms with Gasteiger partial charge in [-0.1, -0.05) is 18.2 Å². The number of hydrogen-bond acceptors (Lipinski definition) is 3. The van der Waals surface area contributed by atoms with Gasteiger partial charge in [0.1, 0.15) is 0 Å². The van der Waals surface area contributed by atoms with E-state index in [9.17, 15) is 9.59 Å². The molecule has 0 unspecified atom stereocenters. The van der Waals surface area contributed by atoms with Crippen LogP contribution < -0.4 is 5.32 Å². The first-order valence-corrected chi connectivity index (χ1v) is 5.24. The molecule has 17 heavy (non-hydrogen) atoms. The van der Waals surface area contributed by atoms with Crippen LogP contribution in [0.2, 0.25) is 0 Å². The monoisotopic (exact) mass is 235 g/mol. The summed E-state index contributed by atoms with van der Waals surface area (Å²) in [5.74, 6) is -1.67. The van der Waals surface area contributed by atoms with Gasteiger partial charge in [-0.15, -0.1) is 0 Å². The number of carboxylic acid groups (broad SMARTS) is 1. The lowest BCUT2D eigenvalue weighted by atomic mass is 9.85. The van der Waals surface area contributed by atoms with Crippen LogP contribution in [0.4, 0.5) is 5.69 Å². The highest BCUT2D eigenvalue weighted by Gasteiger charge is 2.53. The van der Waals surface area contributed by atoms with Gasteiger partial charge in [0.25, 0.3) is 0 Å². The summed E-state index contributed by atoms with van der Waals surface area (Å²) in [6.45, 7) is 1.71. The van der Waals surface area contributed by atoms with Crippen molar-refractivity contribution in [3.8, 4) is 0 Å². The summed E-state index contributed by atoms with van der Waals surface area (Å²) in [6.07, 6.45) is 0.